The van der Waals surface area contributed by atoms with Crippen LogP contribution in [0.5, 0.6) is 0 Å². The Morgan fingerprint density at radius 1 is 1.09 bits per heavy atom. The van der Waals surface area contributed by atoms with Gasteiger partial charge >= 0.3 is 5.97 Å². The molecule has 7 heteroatoms. The van der Waals surface area contributed by atoms with Crippen LogP contribution in [-0.2, 0) is 4.74 Å². The number of ether oxygens (including phenoxy) is 1. The van der Waals surface area contributed by atoms with Crippen molar-refractivity contribution in [2.75, 3.05) is 6.61 Å². The summed E-state index contributed by atoms with van der Waals surface area (Å²) in [5, 5.41) is 10.5. The fourth-order valence-electron chi connectivity index (χ4n) is 1.68. The summed E-state index contributed by atoms with van der Waals surface area (Å²) >= 11 is 2.07. The lowest BCUT2D eigenvalue weighted by Crippen LogP contribution is -2.14. The molecule has 0 aliphatic rings. The Morgan fingerprint density at radius 2 is 1.77 bits per heavy atom. The summed E-state index contributed by atoms with van der Waals surface area (Å²) < 4.78 is 5.83. The molecule has 0 N–H and O–H groups in total. The predicted octanol–water partition coefficient (Wildman–Crippen LogP) is 3.24. The molecule has 0 saturated heterocycles. The maximum Gasteiger partial charge on any atom is 0.338 e. The van der Waals surface area contributed by atoms with Crippen molar-refractivity contribution in [2.45, 2.75) is 0 Å². The highest BCUT2D eigenvalue weighted by Gasteiger charge is 2.13. The van der Waals surface area contributed by atoms with E-state index in [1.807, 2.05) is 6.07 Å². The van der Waals surface area contributed by atoms with E-state index in [0.29, 0.717) is 5.56 Å². The summed E-state index contributed by atoms with van der Waals surface area (Å²) in [6.07, 6.45) is 0. The normalized spacial score (nSPS) is 10.0. The molecule has 112 valence electrons. The van der Waals surface area contributed by atoms with E-state index in [2.05, 4.69) is 22.6 Å². The third kappa shape index (κ3) is 4.10. The van der Waals surface area contributed by atoms with E-state index in [1.165, 1.54) is 24.3 Å². The summed E-state index contributed by atoms with van der Waals surface area (Å²) in [6, 6.07) is 11.9. The number of esters is 1. The van der Waals surface area contributed by atoms with Crippen molar-refractivity contribution in [3.63, 3.8) is 0 Å². The van der Waals surface area contributed by atoms with Gasteiger partial charge in [-0.15, -0.1) is 0 Å². The summed E-state index contributed by atoms with van der Waals surface area (Å²) in [4.78, 5) is 33.7. The van der Waals surface area contributed by atoms with Crippen molar-refractivity contribution >= 4 is 40.0 Å². The number of nitro benzene ring substituents is 1. The number of hydrogen-bond donors (Lipinski definition) is 0. The highest BCUT2D eigenvalue weighted by Crippen LogP contribution is 2.13. The zero-order valence-electron chi connectivity index (χ0n) is 11.2. The van der Waals surface area contributed by atoms with Crippen LogP contribution in [0.15, 0.2) is 48.5 Å². The molecule has 22 heavy (non-hydrogen) atoms. The van der Waals surface area contributed by atoms with Gasteiger partial charge in [0.05, 0.1) is 10.5 Å². The molecular formula is C15H10INO5. The van der Waals surface area contributed by atoms with Gasteiger partial charge in [-0.25, -0.2) is 4.79 Å². The van der Waals surface area contributed by atoms with Crippen LogP contribution >= 0.6 is 22.6 Å². The lowest BCUT2D eigenvalue weighted by atomic mass is 10.1. The third-order valence-electron chi connectivity index (χ3n) is 2.79. The minimum Gasteiger partial charge on any atom is -0.454 e. The molecule has 2 aromatic carbocycles. The molecule has 0 bridgehead atoms. The number of nitro groups is 1. The zero-order chi connectivity index (χ0) is 16.1. The SMILES string of the molecule is O=C(COC(=O)c1cccc(I)c1)c1ccc([N+](=O)[O-])cc1. The molecule has 0 aromatic heterocycles. The molecule has 0 atom stereocenters. The highest BCUT2D eigenvalue weighted by atomic mass is 127. The number of ketones is 1. The summed E-state index contributed by atoms with van der Waals surface area (Å²) in [5.41, 5.74) is 0.511. The van der Waals surface area contributed by atoms with Crippen molar-refractivity contribution in [1.29, 1.82) is 0 Å². The average Bonchev–Trinajstić information content (AvgIpc) is 2.52. The number of hydrogen-bond acceptors (Lipinski definition) is 5. The number of nitrogens with zero attached hydrogens (tertiary/aromatic N) is 1. The summed E-state index contributed by atoms with van der Waals surface area (Å²) in [6.45, 7) is -0.415. The number of benzene rings is 2. The lowest BCUT2D eigenvalue weighted by molar-refractivity contribution is -0.384. The number of carbonyl (C=O) groups excluding carboxylic acids is 2. The van der Waals surface area contributed by atoms with Crippen LogP contribution in [0.3, 0.4) is 0 Å². The van der Waals surface area contributed by atoms with Gasteiger partial charge < -0.3 is 4.74 Å². The fraction of sp³-hybridized carbons (Fsp3) is 0.0667. The zero-order valence-corrected chi connectivity index (χ0v) is 13.3. The Bertz CT molecular complexity index is 727. The van der Waals surface area contributed by atoms with Gasteiger partial charge in [0.2, 0.25) is 0 Å². The first-order valence-electron chi connectivity index (χ1n) is 6.18. The second-order valence-electron chi connectivity index (χ2n) is 4.31. The Labute approximate surface area is 139 Å². The van der Waals surface area contributed by atoms with Gasteiger partial charge in [0.15, 0.2) is 12.4 Å². The molecule has 0 radical (unpaired) electrons. The van der Waals surface area contributed by atoms with E-state index < -0.39 is 23.3 Å². The Balaban J connectivity index is 1.97. The minimum atomic E-state index is -0.589. The molecular weight excluding hydrogens is 401 g/mol. The van der Waals surface area contributed by atoms with Crippen LogP contribution in [0.2, 0.25) is 0 Å². The van der Waals surface area contributed by atoms with Gasteiger partial charge in [0, 0.05) is 21.3 Å². The quantitative estimate of drug-likeness (QED) is 0.248. The molecule has 0 aliphatic carbocycles. The van der Waals surface area contributed by atoms with E-state index in [4.69, 9.17) is 4.74 Å². The number of halogens is 1. The van der Waals surface area contributed by atoms with E-state index in [1.54, 1.807) is 18.2 Å². The first kappa shape index (κ1) is 16.1. The van der Waals surface area contributed by atoms with E-state index in [0.717, 1.165) is 3.57 Å². The van der Waals surface area contributed by atoms with Crippen molar-refractivity contribution < 1.29 is 19.2 Å². The first-order chi connectivity index (χ1) is 10.5. The van der Waals surface area contributed by atoms with Gasteiger partial charge in [-0.1, -0.05) is 6.07 Å². The molecule has 2 aromatic rings. The van der Waals surface area contributed by atoms with Gasteiger partial charge in [-0.2, -0.15) is 0 Å². The van der Waals surface area contributed by atoms with E-state index in [-0.39, 0.29) is 11.3 Å². The van der Waals surface area contributed by atoms with Crippen molar-refractivity contribution in [3.05, 3.63) is 73.3 Å². The highest BCUT2D eigenvalue weighted by molar-refractivity contribution is 14.1. The predicted molar refractivity (Wildman–Crippen MR) is 86.9 cm³/mol. The topological polar surface area (TPSA) is 86.5 Å². The molecule has 6 nitrogen and oxygen atoms in total. The van der Waals surface area contributed by atoms with Gasteiger partial charge in [-0.3, -0.25) is 14.9 Å². The standard InChI is InChI=1S/C15H10INO5/c16-12-3-1-2-11(8-12)15(19)22-9-14(18)10-4-6-13(7-5-10)17(20)21/h1-8H,9H2. The summed E-state index contributed by atoms with van der Waals surface area (Å²) in [5.74, 6) is -1.01. The van der Waals surface area contributed by atoms with Gasteiger partial charge in [0.25, 0.3) is 5.69 Å². The second kappa shape index (κ2) is 7.12. The van der Waals surface area contributed by atoms with Gasteiger partial charge in [-0.05, 0) is 52.9 Å². The van der Waals surface area contributed by atoms with E-state index in [9.17, 15) is 19.7 Å². The number of rotatable bonds is 5. The molecule has 0 aliphatic heterocycles. The average molecular weight is 411 g/mol. The Kier molecular flexibility index (Phi) is 5.21. The Morgan fingerprint density at radius 3 is 2.36 bits per heavy atom. The summed E-state index contributed by atoms with van der Waals surface area (Å²) in [7, 11) is 0. The van der Waals surface area contributed by atoms with Crippen LogP contribution in [0, 0.1) is 13.7 Å². The molecule has 2 rings (SSSR count). The molecule has 0 heterocycles. The lowest BCUT2D eigenvalue weighted by Gasteiger charge is -2.04. The third-order valence-corrected chi connectivity index (χ3v) is 3.47. The molecule has 0 spiro atoms. The van der Waals surface area contributed by atoms with Crippen molar-refractivity contribution in [2.24, 2.45) is 0 Å². The van der Waals surface area contributed by atoms with Crippen molar-refractivity contribution in [1.82, 2.24) is 0 Å². The molecule has 0 unspecified atom stereocenters. The van der Waals surface area contributed by atoms with Crippen LogP contribution in [0.1, 0.15) is 20.7 Å². The largest absolute Gasteiger partial charge is 0.454 e. The van der Waals surface area contributed by atoms with Crippen molar-refractivity contribution in [3.8, 4) is 0 Å². The van der Waals surface area contributed by atoms with Crippen LogP contribution in [0.25, 0.3) is 0 Å². The number of Topliss-reactive ketones (excluding diaryl/α,β-unsaturated/α-hetero) is 1. The molecule has 0 fully saturated rings. The second-order valence-corrected chi connectivity index (χ2v) is 5.56. The monoisotopic (exact) mass is 411 g/mol. The molecule has 0 amide bonds. The number of carbonyl (C=O) groups is 2. The smallest absolute Gasteiger partial charge is 0.338 e. The van der Waals surface area contributed by atoms with Crippen LogP contribution < -0.4 is 0 Å². The van der Waals surface area contributed by atoms with E-state index >= 15 is 0 Å². The molecule has 0 saturated carbocycles. The Hall–Kier alpha value is -2.29. The fourth-order valence-corrected chi connectivity index (χ4v) is 2.23. The van der Waals surface area contributed by atoms with Crippen LogP contribution in [0.4, 0.5) is 5.69 Å². The maximum atomic E-state index is 11.9. The van der Waals surface area contributed by atoms with Gasteiger partial charge in [0.1, 0.15) is 0 Å². The van der Waals surface area contributed by atoms with Crippen LogP contribution in [-0.4, -0.2) is 23.3 Å². The maximum absolute atomic E-state index is 11.9. The minimum absolute atomic E-state index is 0.104. The first-order valence-corrected chi connectivity index (χ1v) is 7.25. The number of non-ortho nitro benzene ring substituents is 1.